The Bertz CT molecular complexity index is 609. The molecule has 2 amide bonds. The maximum absolute atomic E-state index is 12.5. The monoisotopic (exact) mass is 312 g/mol. The average Bonchev–Trinajstić information content (AvgIpc) is 2.61. The Morgan fingerprint density at radius 2 is 2.09 bits per heavy atom. The van der Waals surface area contributed by atoms with Gasteiger partial charge in [-0.25, -0.2) is 0 Å². The molecule has 0 spiro atoms. The number of amides is 2. The van der Waals surface area contributed by atoms with Crippen LogP contribution in [0.4, 0.5) is 5.69 Å². The number of carbonyl (C=O) groups is 2. The smallest absolute Gasteiger partial charge is 0.228 e. The molecule has 1 N–H and O–H groups in total. The molecule has 0 radical (unpaired) electrons. The van der Waals surface area contributed by atoms with Crippen molar-refractivity contribution in [2.75, 3.05) is 18.0 Å². The molecule has 0 aromatic heterocycles. The van der Waals surface area contributed by atoms with Gasteiger partial charge in [-0.1, -0.05) is 30.4 Å². The van der Waals surface area contributed by atoms with Crippen molar-refractivity contribution in [1.29, 1.82) is 0 Å². The van der Waals surface area contributed by atoms with E-state index in [9.17, 15) is 9.59 Å². The summed E-state index contributed by atoms with van der Waals surface area (Å²) in [6.07, 6.45) is 9.30. The van der Waals surface area contributed by atoms with E-state index in [4.69, 9.17) is 0 Å². The van der Waals surface area contributed by atoms with Crippen molar-refractivity contribution in [3.05, 3.63) is 42.0 Å². The molecule has 4 nitrogen and oxygen atoms in total. The number of anilines is 1. The molecule has 2 aliphatic rings. The Morgan fingerprint density at radius 3 is 2.91 bits per heavy atom. The molecule has 1 atom stereocenters. The third-order valence-electron chi connectivity index (χ3n) is 4.69. The fraction of sp³-hybridized carbons (Fsp3) is 0.474. The fourth-order valence-corrected chi connectivity index (χ4v) is 3.40. The number of nitrogens with zero attached hydrogens (tertiary/aromatic N) is 1. The number of nitrogens with one attached hydrogen (secondary N) is 1. The molecule has 3 rings (SSSR count). The average molecular weight is 312 g/mol. The molecule has 1 heterocycles. The number of carbonyl (C=O) groups excluding carboxylic acids is 2. The van der Waals surface area contributed by atoms with E-state index < -0.39 is 0 Å². The van der Waals surface area contributed by atoms with Crippen LogP contribution in [0.2, 0.25) is 0 Å². The molecule has 1 unspecified atom stereocenters. The van der Waals surface area contributed by atoms with Crippen LogP contribution in [0.3, 0.4) is 0 Å². The van der Waals surface area contributed by atoms with E-state index >= 15 is 0 Å². The summed E-state index contributed by atoms with van der Waals surface area (Å²) in [6, 6.07) is 8.10. The van der Waals surface area contributed by atoms with Gasteiger partial charge in [-0.05, 0) is 43.7 Å². The highest BCUT2D eigenvalue weighted by Crippen LogP contribution is 2.27. The highest BCUT2D eigenvalue weighted by atomic mass is 16.2. The van der Waals surface area contributed by atoms with Crippen molar-refractivity contribution >= 4 is 17.5 Å². The summed E-state index contributed by atoms with van der Waals surface area (Å²) < 4.78 is 0. The molecule has 1 aromatic rings. The van der Waals surface area contributed by atoms with E-state index in [0.29, 0.717) is 13.0 Å². The summed E-state index contributed by atoms with van der Waals surface area (Å²) in [7, 11) is 0. The number of benzene rings is 1. The van der Waals surface area contributed by atoms with Crippen molar-refractivity contribution in [3.63, 3.8) is 0 Å². The van der Waals surface area contributed by atoms with E-state index in [0.717, 1.165) is 44.3 Å². The number of para-hydroxylation sites is 1. The predicted octanol–water partition coefficient (Wildman–Crippen LogP) is 2.83. The summed E-state index contributed by atoms with van der Waals surface area (Å²) in [4.78, 5) is 26.4. The van der Waals surface area contributed by atoms with Crippen LogP contribution in [-0.2, 0) is 16.0 Å². The second-order valence-electron chi connectivity index (χ2n) is 6.30. The standard InChI is InChI=1S/C19H24N2O2/c22-18(12-13-20-19(23)16-8-2-1-3-9-16)21-14-6-10-15-7-4-5-11-17(15)21/h1-2,4-5,7,11,16H,3,6,8-10,12-14H2,(H,20,23). The molecule has 0 bridgehead atoms. The largest absolute Gasteiger partial charge is 0.355 e. The maximum atomic E-state index is 12.5. The van der Waals surface area contributed by atoms with Crippen molar-refractivity contribution in [2.24, 2.45) is 5.92 Å². The van der Waals surface area contributed by atoms with E-state index in [2.05, 4.69) is 23.5 Å². The van der Waals surface area contributed by atoms with Crippen LogP contribution in [0.1, 0.15) is 37.7 Å². The molecule has 1 aromatic carbocycles. The highest BCUT2D eigenvalue weighted by molar-refractivity contribution is 5.95. The van der Waals surface area contributed by atoms with Gasteiger partial charge in [-0.15, -0.1) is 0 Å². The lowest BCUT2D eigenvalue weighted by Gasteiger charge is -2.29. The van der Waals surface area contributed by atoms with E-state index in [1.807, 2.05) is 23.1 Å². The lowest BCUT2D eigenvalue weighted by molar-refractivity contribution is -0.125. The van der Waals surface area contributed by atoms with Crippen LogP contribution in [0.5, 0.6) is 0 Å². The van der Waals surface area contributed by atoms with Gasteiger partial charge >= 0.3 is 0 Å². The normalized spacial score (nSPS) is 20.0. The van der Waals surface area contributed by atoms with Crippen LogP contribution in [-0.4, -0.2) is 24.9 Å². The van der Waals surface area contributed by atoms with Gasteiger partial charge in [0.2, 0.25) is 11.8 Å². The third-order valence-corrected chi connectivity index (χ3v) is 4.69. The second kappa shape index (κ2) is 7.44. The van der Waals surface area contributed by atoms with Crippen LogP contribution in [0.15, 0.2) is 36.4 Å². The first-order valence-corrected chi connectivity index (χ1v) is 8.56. The van der Waals surface area contributed by atoms with Gasteiger partial charge in [0.15, 0.2) is 0 Å². The number of fused-ring (bicyclic) bond motifs is 1. The molecule has 23 heavy (non-hydrogen) atoms. The van der Waals surface area contributed by atoms with Gasteiger partial charge < -0.3 is 10.2 Å². The van der Waals surface area contributed by atoms with Gasteiger partial charge in [0.25, 0.3) is 0 Å². The van der Waals surface area contributed by atoms with Crippen molar-refractivity contribution in [1.82, 2.24) is 5.32 Å². The minimum Gasteiger partial charge on any atom is -0.355 e. The first-order valence-electron chi connectivity index (χ1n) is 8.56. The van der Waals surface area contributed by atoms with Crippen LogP contribution in [0, 0.1) is 5.92 Å². The quantitative estimate of drug-likeness (QED) is 0.869. The van der Waals surface area contributed by atoms with E-state index in [1.165, 1.54) is 5.56 Å². The summed E-state index contributed by atoms with van der Waals surface area (Å²) in [6.45, 7) is 1.20. The van der Waals surface area contributed by atoms with Crippen molar-refractivity contribution < 1.29 is 9.59 Å². The number of hydrogen-bond acceptors (Lipinski definition) is 2. The van der Waals surface area contributed by atoms with E-state index in [1.54, 1.807) is 0 Å². The van der Waals surface area contributed by atoms with Crippen molar-refractivity contribution in [3.8, 4) is 0 Å². The molecular formula is C19H24N2O2. The van der Waals surface area contributed by atoms with Crippen molar-refractivity contribution in [2.45, 2.75) is 38.5 Å². The molecular weight excluding hydrogens is 288 g/mol. The SMILES string of the molecule is O=C(NCCC(=O)N1CCCc2ccccc21)C1CC=CCC1. The minimum absolute atomic E-state index is 0.0748. The first kappa shape index (κ1) is 15.8. The number of allylic oxidation sites excluding steroid dienone is 2. The Labute approximate surface area is 137 Å². The lowest BCUT2D eigenvalue weighted by atomic mass is 9.94. The zero-order valence-corrected chi connectivity index (χ0v) is 13.5. The maximum Gasteiger partial charge on any atom is 0.228 e. The lowest BCUT2D eigenvalue weighted by Crippen LogP contribution is -2.39. The molecule has 1 aliphatic carbocycles. The molecule has 0 fully saturated rings. The van der Waals surface area contributed by atoms with Gasteiger partial charge in [0, 0.05) is 31.1 Å². The highest BCUT2D eigenvalue weighted by Gasteiger charge is 2.22. The molecule has 1 aliphatic heterocycles. The van der Waals surface area contributed by atoms with Gasteiger partial charge in [-0.3, -0.25) is 9.59 Å². The van der Waals surface area contributed by atoms with Gasteiger partial charge in [0.05, 0.1) is 0 Å². The fourth-order valence-electron chi connectivity index (χ4n) is 3.40. The van der Waals surface area contributed by atoms with Crippen LogP contribution >= 0.6 is 0 Å². The predicted molar refractivity (Wildman–Crippen MR) is 91.2 cm³/mol. The summed E-state index contributed by atoms with van der Waals surface area (Å²) >= 11 is 0. The summed E-state index contributed by atoms with van der Waals surface area (Å²) in [5.41, 5.74) is 2.28. The van der Waals surface area contributed by atoms with Crippen LogP contribution < -0.4 is 10.2 Å². The third kappa shape index (κ3) is 3.81. The van der Waals surface area contributed by atoms with Gasteiger partial charge in [0.1, 0.15) is 0 Å². The zero-order chi connectivity index (χ0) is 16.1. The number of hydrogen-bond donors (Lipinski definition) is 1. The Hall–Kier alpha value is -2.10. The summed E-state index contributed by atoms with van der Waals surface area (Å²) in [5.74, 6) is 0.257. The molecule has 0 saturated heterocycles. The summed E-state index contributed by atoms with van der Waals surface area (Å²) in [5, 5.41) is 2.93. The Balaban J connectivity index is 1.50. The second-order valence-corrected chi connectivity index (χ2v) is 6.30. The Kier molecular flexibility index (Phi) is 5.11. The van der Waals surface area contributed by atoms with Crippen LogP contribution in [0.25, 0.3) is 0 Å². The molecule has 0 saturated carbocycles. The van der Waals surface area contributed by atoms with Gasteiger partial charge in [-0.2, -0.15) is 0 Å². The number of aryl methyl sites for hydroxylation is 1. The Morgan fingerprint density at radius 1 is 1.22 bits per heavy atom. The molecule has 4 heteroatoms. The number of rotatable bonds is 4. The first-order chi connectivity index (χ1) is 11.3. The topological polar surface area (TPSA) is 49.4 Å². The minimum atomic E-state index is 0.0748. The molecule has 122 valence electrons. The van der Waals surface area contributed by atoms with E-state index in [-0.39, 0.29) is 17.7 Å². The zero-order valence-electron chi connectivity index (χ0n) is 13.5.